The number of carbonyl (C=O) groups excluding carboxylic acids is 1. The minimum absolute atomic E-state index is 0.00768. The molecule has 0 unspecified atom stereocenters. The van der Waals surface area contributed by atoms with Crippen LogP contribution in [-0.2, 0) is 21.2 Å². The standard InChI is InChI=1S/C20H20N2O3S/c23-20(22-15-12-16-6-4-5-9-19(16)22)17-10-13-21(14-11-17)26(24,25)18-7-2-1-3-8-18/h1-10H,11-15H2. The highest BCUT2D eigenvalue weighted by atomic mass is 32.2. The third-order valence-electron chi connectivity index (χ3n) is 4.96. The predicted molar refractivity (Wildman–Crippen MR) is 100 cm³/mol. The number of nitrogens with zero attached hydrogens (tertiary/aromatic N) is 2. The first kappa shape index (κ1) is 17.0. The van der Waals surface area contributed by atoms with E-state index in [1.807, 2.05) is 29.2 Å². The van der Waals surface area contributed by atoms with Gasteiger partial charge < -0.3 is 4.90 Å². The molecule has 4 rings (SSSR count). The lowest BCUT2D eigenvalue weighted by Crippen LogP contribution is -2.38. The van der Waals surface area contributed by atoms with Crippen LogP contribution in [0.1, 0.15) is 12.0 Å². The van der Waals surface area contributed by atoms with E-state index in [2.05, 4.69) is 0 Å². The van der Waals surface area contributed by atoms with Gasteiger partial charge in [0.25, 0.3) is 5.91 Å². The number of anilines is 1. The van der Waals surface area contributed by atoms with Crippen molar-refractivity contribution in [2.45, 2.75) is 17.7 Å². The topological polar surface area (TPSA) is 57.7 Å². The molecule has 2 aliphatic heterocycles. The van der Waals surface area contributed by atoms with E-state index < -0.39 is 10.0 Å². The molecule has 0 bridgehead atoms. The van der Waals surface area contributed by atoms with Gasteiger partial charge in [-0.25, -0.2) is 8.42 Å². The summed E-state index contributed by atoms with van der Waals surface area (Å²) in [6.45, 7) is 1.24. The largest absolute Gasteiger partial charge is 0.308 e. The van der Waals surface area contributed by atoms with Crippen molar-refractivity contribution < 1.29 is 13.2 Å². The van der Waals surface area contributed by atoms with Gasteiger partial charge in [-0.1, -0.05) is 42.5 Å². The molecule has 0 N–H and O–H groups in total. The Kier molecular flexibility index (Phi) is 4.38. The van der Waals surface area contributed by atoms with Crippen molar-refractivity contribution >= 4 is 21.6 Å². The number of benzene rings is 2. The van der Waals surface area contributed by atoms with Gasteiger partial charge in [-0.05, 0) is 36.6 Å². The van der Waals surface area contributed by atoms with E-state index in [0.29, 0.717) is 25.1 Å². The Hall–Kier alpha value is -2.44. The summed E-state index contributed by atoms with van der Waals surface area (Å²) in [5.41, 5.74) is 2.85. The molecule has 0 spiro atoms. The summed E-state index contributed by atoms with van der Waals surface area (Å²) in [4.78, 5) is 15.0. The molecule has 2 aliphatic rings. The summed E-state index contributed by atoms with van der Waals surface area (Å²) in [6.07, 6.45) is 3.06. The monoisotopic (exact) mass is 368 g/mol. The molecule has 2 aromatic carbocycles. The van der Waals surface area contributed by atoms with Crippen LogP contribution in [0, 0.1) is 0 Å². The van der Waals surface area contributed by atoms with Crippen LogP contribution >= 0.6 is 0 Å². The van der Waals surface area contributed by atoms with Crippen molar-refractivity contribution in [1.29, 1.82) is 0 Å². The maximum atomic E-state index is 12.9. The van der Waals surface area contributed by atoms with E-state index in [1.165, 1.54) is 9.87 Å². The van der Waals surface area contributed by atoms with Gasteiger partial charge in [0.05, 0.1) is 4.90 Å². The molecular formula is C20H20N2O3S. The van der Waals surface area contributed by atoms with Crippen LogP contribution in [-0.4, -0.2) is 38.3 Å². The second-order valence-electron chi connectivity index (χ2n) is 6.49. The summed E-state index contributed by atoms with van der Waals surface area (Å²) < 4.78 is 26.8. The summed E-state index contributed by atoms with van der Waals surface area (Å²) in [5.74, 6) is -0.00768. The van der Waals surface area contributed by atoms with Crippen LogP contribution in [0.25, 0.3) is 0 Å². The Morgan fingerprint density at radius 2 is 1.62 bits per heavy atom. The van der Waals surface area contributed by atoms with Crippen LogP contribution in [0.5, 0.6) is 0 Å². The number of hydrogen-bond donors (Lipinski definition) is 0. The smallest absolute Gasteiger partial charge is 0.253 e. The van der Waals surface area contributed by atoms with Crippen LogP contribution in [0.4, 0.5) is 5.69 Å². The second kappa shape index (κ2) is 6.70. The normalized spacial score (nSPS) is 17.7. The molecule has 0 saturated heterocycles. The maximum absolute atomic E-state index is 12.9. The number of carbonyl (C=O) groups is 1. The van der Waals surface area contributed by atoms with E-state index in [1.54, 1.807) is 36.4 Å². The number of rotatable bonds is 3. The van der Waals surface area contributed by atoms with Crippen molar-refractivity contribution in [2.75, 3.05) is 24.5 Å². The maximum Gasteiger partial charge on any atom is 0.253 e. The van der Waals surface area contributed by atoms with Gasteiger partial charge in [0.1, 0.15) is 0 Å². The molecule has 2 aromatic rings. The highest BCUT2D eigenvalue weighted by Gasteiger charge is 2.31. The first-order chi connectivity index (χ1) is 12.6. The van der Waals surface area contributed by atoms with Gasteiger partial charge in [0.15, 0.2) is 0 Å². The first-order valence-electron chi connectivity index (χ1n) is 8.71. The average molecular weight is 368 g/mol. The quantitative estimate of drug-likeness (QED) is 0.837. The number of hydrogen-bond acceptors (Lipinski definition) is 3. The molecular weight excluding hydrogens is 348 g/mol. The zero-order chi connectivity index (χ0) is 18.1. The molecule has 6 heteroatoms. The minimum atomic E-state index is -3.52. The molecule has 0 saturated carbocycles. The van der Waals surface area contributed by atoms with Gasteiger partial charge in [-0.15, -0.1) is 0 Å². The van der Waals surface area contributed by atoms with Crippen molar-refractivity contribution in [3.63, 3.8) is 0 Å². The Bertz CT molecular complexity index is 968. The number of sulfonamides is 1. The van der Waals surface area contributed by atoms with E-state index >= 15 is 0 Å². The fourth-order valence-electron chi connectivity index (χ4n) is 3.53. The molecule has 2 heterocycles. The minimum Gasteiger partial charge on any atom is -0.308 e. The highest BCUT2D eigenvalue weighted by Crippen LogP contribution is 2.30. The van der Waals surface area contributed by atoms with Crippen LogP contribution in [0.3, 0.4) is 0 Å². The predicted octanol–water partition coefficient (Wildman–Crippen LogP) is 2.60. The SMILES string of the molecule is O=C(C1=CCN(S(=O)(=O)c2ccccc2)CC1)N1CCc2ccccc21. The second-order valence-corrected chi connectivity index (χ2v) is 8.43. The van der Waals surface area contributed by atoms with Crippen molar-refractivity contribution in [3.05, 3.63) is 71.8 Å². The molecule has 134 valence electrons. The van der Waals surface area contributed by atoms with Gasteiger partial charge in [0.2, 0.25) is 10.0 Å². The van der Waals surface area contributed by atoms with Gasteiger partial charge >= 0.3 is 0 Å². The summed E-state index contributed by atoms with van der Waals surface area (Å²) in [5, 5.41) is 0. The highest BCUT2D eigenvalue weighted by molar-refractivity contribution is 7.89. The molecule has 5 nitrogen and oxygen atoms in total. The third kappa shape index (κ3) is 2.95. The zero-order valence-electron chi connectivity index (χ0n) is 14.3. The van der Waals surface area contributed by atoms with Crippen molar-refractivity contribution in [2.24, 2.45) is 0 Å². The Morgan fingerprint density at radius 3 is 2.35 bits per heavy atom. The van der Waals surface area contributed by atoms with Gasteiger partial charge in [-0.2, -0.15) is 4.31 Å². The Morgan fingerprint density at radius 1 is 0.885 bits per heavy atom. The molecule has 0 atom stereocenters. The Labute approximate surface area is 153 Å². The van der Waals surface area contributed by atoms with Crippen LogP contribution < -0.4 is 4.90 Å². The average Bonchev–Trinajstić information content (AvgIpc) is 3.12. The fourth-order valence-corrected chi connectivity index (χ4v) is 4.93. The number of fused-ring (bicyclic) bond motifs is 1. The number of amides is 1. The number of para-hydroxylation sites is 1. The molecule has 0 aromatic heterocycles. The Balaban J connectivity index is 1.51. The van der Waals surface area contributed by atoms with E-state index in [0.717, 1.165) is 12.1 Å². The molecule has 0 radical (unpaired) electrons. The zero-order valence-corrected chi connectivity index (χ0v) is 15.2. The molecule has 1 amide bonds. The molecule has 0 aliphatic carbocycles. The van der Waals surface area contributed by atoms with E-state index in [4.69, 9.17) is 0 Å². The fraction of sp³-hybridized carbons (Fsp3) is 0.250. The van der Waals surface area contributed by atoms with E-state index in [-0.39, 0.29) is 17.3 Å². The van der Waals surface area contributed by atoms with Crippen LogP contribution in [0.15, 0.2) is 71.1 Å². The first-order valence-corrected chi connectivity index (χ1v) is 10.2. The van der Waals surface area contributed by atoms with Crippen molar-refractivity contribution in [3.8, 4) is 0 Å². The lowest BCUT2D eigenvalue weighted by Gasteiger charge is -2.27. The summed E-state index contributed by atoms with van der Waals surface area (Å²) in [6, 6.07) is 16.4. The molecule has 26 heavy (non-hydrogen) atoms. The van der Waals surface area contributed by atoms with Crippen LogP contribution in [0.2, 0.25) is 0 Å². The lowest BCUT2D eigenvalue weighted by atomic mass is 10.1. The summed E-state index contributed by atoms with van der Waals surface area (Å²) >= 11 is 0. The third-order valence-corrected chi connectivity index (χ3v) is 6.84. The van der Waals surface area contributed by atoms with Gasteiger partial charge in [-0.3, -0.25) is 4.79 Å². The van der Waals surface area contributed by atoms with Gasteiger partial charge in [0, 0.05) is 30.9 Å². The summed E-state index contributed by atoms with van der Waals surface area (Å²) in [7, 11) is -3.52. The lowest BCUT2D eigenvalue weighted by molar-refractivity contribution is -0.115. The van der Waals surface area contributed by atoms with Crippen molar-refractivity contribution in [1.82, 2.24) is 4.31 Å². The van der Waals surface area contributed by atoms with E-state index in [9.17, 15) is 13.2 Å². The molecule has 0 fully saturated rings.